The number of rotatable bonds is 5. The molecule has 0 bridgehead atoms. The third-order valence-corrected chi connectivity index (χ3v) is 4.51. The van der Waals surface area contributed by atoms with Crippen molar-refractivity contribution >= 4 is 21.8 Å². The molecule has 1 aliphatic rings. The number of carbonyl (C=O) groups is 1. The van der Waals surface area contributed by atoms with Crippen molar-refractivity contribution < 1.29 is 4.79 Å². The normalized spacial score (nSPS) is 21.1. The van der Waals surface area contributed by atoms with Crippen molar-refractivity contribution in [3.05, 3.63) is 0 Å². The molecular formula is C11H20BrNO. The first kappa shape index (κ1) is 12.0. The SMILES string of the molecule is CCC(Br)C(=O)NCC1(CC)CCC1. The van der Waals surface area contributed by atoms with Crippen molar-refractivity contribution in [2.75, 3.05) is 6.54 Å². The first-order valence-corrected chi connectivity index (χ1v) is 6.47. The summed E-state index contributed by atoms with van der Waals surface area (Å²) in [7, 11) is 0. The number of alkyl halides is 1. The Hall–Kier alpha value is -0.0500. The Labute approximate surface area is 95.0 Å². The highest BCUT2D eigenvalue weighted by molar-refractivity contribution is 9.10. The van der Waals surface area contributed by atoms with Crippen LogP contribution in [-0.4, -0.2) is 17.3 Å². The molecule has 0 saturated heterocycles. The van der Waals surface area contributed by atoms with Crippen LogP contribution in [0.15, 0.2) is 0 Å². The van der Waals surface area contributed by atoms with Crippen LogP contribution in [0, 0.1) is 5.41 Å². The van der Waals surface area contributed by atoms with E-state index in [2.05, 4.69) is 28.2 Å². The molecule has 0 aromatic carbocycles. The molecule has 0 aromatic rings. The highest BCUT2D eigenvalue weighted by Crippen LogP contribution is 2.43. The van der Waals surface area contributed by atoms with Crippen molar-refractivity contribution in [1.29, 1.82) is 0 Å². The highest BCUT2D eigenvalue weighted by atomic mass is 79.9. The van der Waals surface area contributed by atoms with E-state index in [9.17, 15) is 4.79 Å². The Bertz CT molecular complexity index is 196. The number of hydrogen-bond acceptors (Lipinski definition) is 1. The molecule has 0 radical (unpaired) electrons. The van der Waals surface area contributed by atoms with E-state index in [0.717, 1.165) is 13.0 Å². The van der Waals surface area contributed by atoms with E-state index in [-0.39, 0.29) is 10.7 Å². The molecule has 1 atom stereocenters. The predicted octanol–water partition coefficient (Wildman–Crippen LogP) is 2.86. The van der Waals surface area contributed by atoms with Gasteiger partial charge in [-0.1, -0.05) is 36.2 Å². The summed E-state index contributed by atoms with van der Waals surface area (Å²) in [5.74, 6) is 0.146. The van der Waals surface area contributed by atoms with Gasteiger partial charge >= 0.3 is 0 Å². The topological polar surface area (TPSA) is 29.1 Å². The van der Waals surface area contributed by atoms with Gasteiger partial charge < -0.3 is 5.32 Å². The van der Waals surface area contributed by atoms with Crippen LogP contribution in [0.3, 0.4) is 0 Å². The van der Waals surface area contributed by atoms with Crippen LogP contribution < -0.4 is 5.32 Å². The summed E-state index contributed by atoms with van der Waals surface area (Å²) in [4.78, 5) is 11.5. The fourth-order valence-electron chi connectivity index (χ4n) is 1.90. The monoisotopic (exact) mass is 261 g/mol. The van der Waals surface area contributed by atoms with Gasteiger partial charge in [0.05, 0.1) is 4.83 Å². The third kappa shape index (κ3) is 2.72. The summed E-state index contributed by atoms with van der Waals surface area (Å²) >= 11 is 3.36. The molecule has 0 heterocycles. The molecule has 14 heavy (non-hydrogen) atoms. The van der Waals surface area contributed by atoms with Gasteiger partial charge in [-0.25, -0.2) is 0 Å². The minimum atomic E-state index is -0.0171. The van der Waals surface area contributed by atoms with Crippen LogP contribution >= 0.6 is 15.9 Å². The van der Waals surface area contributed by atoms with E-state index in [1.165, 1.54) is 25.7 Å². The average molecular weight is 262 g/mol. The molecule has 0 aromatic heterocycles. The lowest BCUT2D eigenvalue weighted by molar-refractivity contribution is -0.121. The third-order valence-electron chi connectivity index (χ3n) is 3.44. The van der Waals surface area contributed by atoms with Crippen molar-refractivity contribution in [1.82, 2.24) is 5.32 Å². The van der Waals surface area contributed by atoms with Gasteiger partial charge in [-0.3, -0.25) is 4.79 Å². The van der Waals surface area contributed by atoms with E-state index in [0.29, 0.717) is 5.41 Å². The number of hydrogen-bond donors (Lipinski definition) is 1. The quantitative estimate of drug-likeness (QED) is 0.758. The summed E-state index contributed by atoms with van der Waals surface area (Å²) in [6.07, 6.45) is 5.93. The highest BCUT2D eigenvalue weighted by Gasteiger charge is 2.35. The Kier molecular flexibility index (Phi) is 4.42. The fourth-order valence-corrected chi connectivity index (χ4v) is 2.06. The molecule has 1 rings (SSSR count). The van der Waals surface area contributed by atoms with Crippen molar-refractivity contribution in [3.8, 4) is 0 Å². The van der Waals surface area contributed by atoms with Crippen molar-refractivity contribution in [3.63, 3.8) is 0 Å². The van der Waals surface area contributed by atoms with E-state index in [4.69, 9.17) is 0 Å². The van der Waals surface area contributed by atoms with Crippen LogP contribution in [0.1, 0.15) is 46.0 Å². The zero-order chi connectivity index (χ0) is 10.6. The van der Waals surface area contributed by atoms with Gasteiger partial charge in [0.1, 0.15) is 0 Å². The first-order valence-electron chi connectivity index (χ1n) is 5.55. The molecule has 1 unspecified atom stereocenters. The summed E-state index contributed by atoms with van der Waals surface area (Å²) in [5.41, 5.74) is 0.427. The lowest BCUT2D eigenvalue weighted by Gasteiger charge is -2.41. The standard InChI is InChI=1S/C11H20BrNO/c1-3-9(12)10(14)13-8-11(4-2)6-5-7-11/h9H,3-8H2,1-2H3,(H,13,14). The summed E-state index contributed by atoms with van der Waals surface area (Å²) in [5, 5.41) is 3.04. The summed E-state index contributed by atoms with van der Waals surface area (Å²) in [6, 6.07) is 0. The van der Waals surface area contributed by atoms with Crippen LogP contribution in [0.5, 0.6) is 0 Å². The summed E-state index contributed by atoms with van der Waals surface area (Å²) in [6.45, 7) is 5.10. The van der Waals surface area contributed by atoms with Crippen molar-refractivity contribution in [2.24, 2.45) is 5.41 Å². The largest absolute Gasteiger partial charge is 0.355 e. The molecular weight excluding hydrogens is 242 g/mol. The number of halogens is 1. The maximum atomic E-state index is 11.5. The Morgan fingerprint density at radius 3 is 2.50 bits per heavy atom. The van der Waals surface area contributed by atoms with Gasteiger partial charge in [0.25, 0.3) is 0 Å². The zero-order valence-electron chi connectivity index (χ0n) is 9.11. The molecule has 0 spiro atoms. The lowest BCUT2D eigenvalue weighted by Crippen LogP contribution is -2.43. The van der Waals surface area contributed by atoms with Crippen LogP contribution in [-0.2, 0) is 4.79 Å². The minimum absolute atomic E-state index is 0.0171. The molecule has 3 heteroatoms. The van der Waals surface area contributed by atoms with E-state index < -0.39 is 0 Å². The molecule has 1 amide bonds. The van der Waals surface area contributed by atoms with E-state index in [1.807, 2.05) is 6.92 Å². The zero-order valence-corrected chi connectivity index (χ0v) is 10.7. The number of nitrogens with one attached hydrogen (secondary N) is 1. The second kappa shape index (κ2) is 5.15. The fraction of sp³-hybridized carbons (Fsp3) is 0.909. The Balaban J connectivity index is 2.28. The molecule has 0 aliphatic heterocycles. The Morgan fingerprint density at radius 1 is 1.50 bits per heavy atom. The maximum absolute atomic E-state index is 11.5. The van der Waals surface area contributed by atoms with Gasteiger partial charge in [-0.05, 0) is 31.1 Å². The molecule has 1 fully saturated rings. The van der Waals surface area contributed by atoms with E-state index in [1.54, 1.807) is 0 Å². The number of amides is 1. The minimum Gasteiger partial charge on any atom is -0.355 e. The average Bonchev–Trinajstić information content (AvgIpc) is 2.15. The van der Waals surface area contributed by atoms with Crippen LogP contribution in [0.2, 0.25) is 0 Å². The smallest absolute Gasteiger partial charge is 0.233 e. The molecule has 2 nitrogen and oxygen atoms in total. The summed E-state index contributed by atoms with van der Waals surface area (Å²) < 4.78 is 0. The van der Waals surface area contributed by atoms with Crippen molar-refractivity contribution in [2.45, 2.75) is 50.8 Å². The second-order valence-corrected chi connectivity index (χ2v) is 5.41. The van der Waals surface area contributed by atoms with Gasteiger partial charge in [0.2, 0.25) is 5.91 Å². The van der Waals surface area contributed by atoms with Crippen LogP contribution in [0.25, 0.3) is 0 Å². The van der Waals surface area contributed by atoms with Gasteiger partial charge in [0.15, 0.2) is 0 Å². The van der Waals surface area contributed by atoms with Crippen LogP contribution in [0.4, 0.5) is 0 Å². The molecule has 1 saturated carbocycles. The molecule has 1 aliphatic carbocycles. The maximum Gasteiger partial charge on any atom is 0.233 e. The second-order valence-electron chi connectivity index (χ2n) is 4.30. The predicted molar refractivity (Wildman–Crippen MR) is 62.6 cm³/mol. The van der Waals surface area contributed by atoms with Gasteiger partial charge in [-0.2, -0.15) is 0 Å². The lowest BCUT2D eigenvalue weighted by atomic mass is 9.67. The number of carbonyl (C=O) groups excluding carboxylic acids is 1. The van der Waals surface area contributed by atoms with E-state index >= 15 is 0 Å². The first-order chi connectivity index (χ1) is 6.63. The van der Waals surface area contributed by atoms with Gasteiger partial charge in [-0.15, -0.1) is 0 Å². The Morgan fingerprint density at radius 2 is 2.14 bits per heavy atom. The molecule has 82 valence electrons. The molecule has 1 N–H and O–H groups in total. The van der Waals surface area contributed by atoms with Gasteiger partial charge in [0, 0.05) is 6.54 Å².